The van der Waals surface area contributed by atoms with Crippen molar-refractivity contribution in [3.05, 3.63) is 0 Å². The molecule has 0 saturated carbocycles. The molecule has 0 aromatic carbocycles. The Kier molecular flexibility index (Phi) is 6.53. The van der Waals surface area contributed by atoms with Gasteiger partial charge in [-0.15, -0.1) is 0 Å². The van der Waals surface area contributed by atoms with E-state index >= 15 is 0 Å². The van der Waals surface area contributed by atoms with Crippen molar-refractivity contribution < 1.29 is 9.90 Å². The van der Waals surface area contributed by atoms with Gasteiger partial charge in [-0.25, -0.2) is 0 Å². The molecule has 5 nitrogen and oxygen atoms in total. The van der Waals surface area contributed by atoms with Crippen molar-refractivity contribution in [2.45, 2.75) is 19.8 Å². The Morgan fingerprint density at radius 2 is 2.21 bits per heavy atom. The molecule has 3 N–H and O–H groups in total. The van der Waals surface area contributed by atoms with Crippen molar-refractivity contribution in [3.63, 3.8) is 0 Å². The molecule has 0 unspecified atom stereocenters. The first-order valence-electron chi connectivity index (χ1n) is 4.73. The van der Waals surface area contributed by atoms with E-state index in [4.69, 9.17) is 5.11 Å². The zero-order chi connectivity index (χ0) is 11.0. The Bertz CT molecular complexity index is 204. The van der Waals surface area contributed by atoms with Crippen molar-refractivity contribution in [1.29, 1.82) is 0 Å². The molecule has 82 valence electrons. The van der Waals surface area contributed by atoms with E-state index in [9.17, 15) is 4.79 Å². The van der Waals surface area contributed by atoms with Gasteiger partial charge in [-0.3, -0.25) is 9.79 Å². The number of hydrogen-bond acceptors (Lipinski definition) is 2. The highest BCUT2D eigenvalue weighted by molar-refractivity contribution is 5.79. The Morgan fingerprint density at radius 3 is 2.64 bits per heavy atom. The molecule has 14 heavy (non-hydrogen) atoms. The summed E-state index contributed by atoms with van der Waals surface area (Å²) in [5.41, 5.74) is 0. The fourth-order valence-corrected chi connectivity index (χ4v) is 1.02. The largest absolute Gasteiger partial charge is 0.481 e. The number of nitrogens with zero attached hydrogens (tertiary/aromatic N) is 1. The topological polar surface area (TPSA) is 73.7 Å². The molecule has 0 aliphatic heterocycles. The minimum absolute atomic E-state index is 0.270. The van der Waals surface area contributed by atoms with Crippen LogP contribution in [0.3, 0.4) is 0 Å². The van der Waals surface area contributed by atoms with Crippen LogP contribution in [0.15, 0.2) is 4.99 Å². The first-order chi connectivity index (χ1) is 6.61. The molecule has 0 aromatic rings. The molecule has 0 spiro atoms. The van der Waals surface area contributed by atoms with Crippen molar-refractivity contribution in [1.82, 2.24) is 10.6 Å². The van der Waals surface area contributed by atoms with Gasteiger partial charge in [0.1, 0.15) is 0 Å². The van der Waals surface area contributed by atoms with Gasteiger partial charge in [0, 0.05) is 20.6 Å². The van der Waals surface area contributed by atoms with Crippen LogP contribution in [0.25, 0.3) is 0 Å². The maximum atomic E-state index is 10.5. The molecule has 0 rings (SSSR count). The maximum Gasteiger partial charge on any atom is 0.306 e. The molecule has 0 radical (unpaired) electrons. The third-order valence-electron chi connectivity index (χ3n) is 1.99. The predicted octanol–water partition coefficient (Wildman–Crippen LogP) is 0.282. The number of rotatable bonds is 5. The van der Waals surface area contributed by atoms with Crippen LogP contribution >= 0.6 is 0 Å². The summed E-state index contributed by atoms with van der Waals surface area (Å²) in [6.07, 6.45) is 1.51. The number of aliphatic imine (C=N–C) groups is 1. The summed E-state index contributed by atoms with van der Waals surface area (Å²) in [5.74, 6) is -0.274. The lowest BCUT2D eigenvalue weighted by Gasteiger charge is -2.09. The normalized spacial score (nSPS) is 13.5. The van der Waals surface area contributed by atoms with Gasteiger partial charge >= 0.3 is 5.97 Å². The van der Waals surface area contributed by atoms with Crippen LogP contribution in [0.2, 0.25) is 0 Å². The van der Waals surface area contributed by atoms with E-state index in [1.54, 1.807) is 21.0 Å². The third-order valence-corrected chi connectivity index (χ3v) is 1.99. The minimum atomic E-state index is -0.733. The summed E-state index contributed by atoms with van der Waals surface area (Å²) in [6, 6.07) is 0. The zero-order valence-electron chi connectivity index (χ0n) is 9.00. The number of nitrogens with one attached hydrogen (secondary N) is 2. The third kappa shape index (κ3) is 5.40. The maximum absolute atomic E-state index is 10.5. The van der Waals surface area contributed by atoms with Gasteiger partial charge in [0.25, 0.3) is 0 Å². The highest BCUT2D eigenvalue weighted by Crippen LogP contribution is 2.03. The minimum Gasteiger partial charge on any atom is -0.481 e. The van der Waals surface area contributed by atoms with Crippen LogP contribution < -0.4 is 10.6 Å². The van der Waals surface area contributed by atoms with E-state index in [1.807, 2.05) is 0 Å². The summed E-state index contributed by atoms with van der Waals surface area (Å²) in [4.78, 5) is 14.4. The van der Waals surface area contributed by atoms with E-state index in [2.05, 4.69) is 15.6 Å². The van der Waals surface area contributed by atoms with Crippen LogP contribution in [0.1, 0.15) is 19.8 Å². The van der Waals surface area contributed by atoms with Gasteiger partial charge < -0.3 is 15.7 Å². The van der Waals surface area contributed by atoms with Crippen LogP contribution in [-0.2, 0) is 4.79 Å². The van der Waals surface area contributed by atoms with Crippen LogP contribution in [0, 0.1) is 5.92 Å². The van der Waals surface area contributed by atoms with E-state index in [0.29, 0.717) is 6.42 Å². The highest BCUT2D eigenvalue weighted by atomic mass is 16.4. The van der Waals surface area contributed by atoms with Gasteiger partial charge in [-0.1, -0.05) is 6.92 Å². The number of aliphatic carboxylic acids is 1. The van der Waals surface area contributed by atoms with E-state index < -0.39 is 5.97 Å². The standard InChI is InChI=1S/C9H19N3O2/c1-7(8(13)14)5-4-6-12-9(10-2)11-3/h7H,4-6H2,1-3H3,(H,13,14)(H2,10,11,12)/t7-/m0/s1. The lowest BCUT2D eigenvalue weighted by atomic mass is 10.1. The van der Waals surface area contributed by atoms with Crippen LogP contribution in [0.4, 0.5) is 0 Å². The average molecular weight is 201 g/mol. The lowest BCUT2D eigenvalue weighted by Crippen LogP contribution is -2.35. The number of carboxylic acid groups (broad SMARTS) is 1. The first-order valence-corrected chi connectivity index (χ1v) is 4.73. The molecule has 0 aromatic heterocycles. The fraction of sp³-hybridized carbons (Fsp3) is 0.778. The Labute approximate surface area is 84.6 Å². The molecular weight excluding hydrogens is 182 g/mol. The SMILES string of the molecule is CN=C(NC)NCCC[C@H](C)C(=O)O. The number of carbonyl (C=O) groups is 1. The quantitative estimate of drug-likeness (QED) is 0.339. The lowest BCUT2D eigenvalue weighted by molar-refractivity contribution is -0.141. The second-order valence-corrected chi connectivity index (χ2v) is 3.13. The smallest absolute Gasteiger partial charge is 0.306 e. The molecule has 0 amide bonds. The van der Waals surface area contributed by atoms with Crippen LogP contribution in [-0.4, -0.2) is 37.7 Å². The summed E-state index contributed by atoms with van der Waals surface area (Å²) >= 11 is 0. The second kappa shape index (κ2) is 7.17. The number of carboxylic acids is 1. The first kappa shape index (κ1) is 12.7. The monoisotopic (exact) mass is 201 g/mol. The Balaban J connectivity index is 3.51. The summed E-state index contributed by atoms with van der Waals surface area (Å²) in [6.45, 7) is 2.46. The van der Waals surface area contributed by atoms with E-state index in [1.165, 1.54) is 0 Å². The summed E-state index contributed by atoms with van der Waals surface area (Å²) in [7, 11) is 3.48. The van der Waals surface area contributed by atoms with Gasteiger partial charge in [0.2, 0.25) is 0 Å². The average Bonchev–Trinajstić information content (AvgIpc) is 2.17. The Morgan fingerprint density at radius 1 is 1.57 bits per heavy atom. The highest BCUT2D eigenvalue weighted by Gasteiger charge is 2.09. The van der Waals surface area contributed by atoms with Gasteiger partial charge in [0.05, 0.1) is 5.92 Å². The van der Waals surface area contributed by atoms with Gasteiger partial charge in [0.15, 0.2) is 5.96 Å². The molecule has 1 atom stereocenters. The molecule has 0 bridgehead atoms. The zero-order valence-corrected chi connectivity index (χ0v) is 9.00. The number of guanidine groups is 1. The Hall–Kier alpha value is -1.26. The molecule has 5 heteroatoms. The molecular formula is C9H19N3O2. The van der Waals surface area contributed by atoms with E-state index in [-0.39, 0.29) is 5.92 Å². The van der Waals surface area contributed by atoms with Crippen LogP contribution in [0.5, 0.6) is 0 Å². The summed E-state index contributed by atoms with van der Waals surface area (Å²) < 4.78 is 0. The van der Waals surface area contributed by atoms with Crippen molar-refractivity contribution in [2.75, 3.05) is 20.6 Å². The predicted molar refractivity (Wildman–Crippen MR) is 56.5 cm³/mol. The summed E-state index contributed by atoms with van der Waals surface area (Å²) in [5, 5.41) is 14.6. The molecule has 0 aliphatic rings. The van der Waals surface area contributed by atoms with Gasteiger partial charge in [-0.2, -0.15) is 0 Å². The van der Waals surface area contributed by atoms with Gasteiger partial charge in [-0.05, 0) is 12.8 Å². The van der Waals surface area contributed by atoms with E-state index in [0.717, 1.165) is 18.9 Å². The number of hydrogen-bond donors (Lipinski definition) is 3. The molecule has 0 heterocycles. The van der Waals surface area contributed by atoms with Crippen molar-refractivity contribution >= 4 is 11.9 Å². The van der Waals surface area contributed by atoms with Crippen molar-refractivity contribution in [2.24, 2.45) is 10.9 Å². The fourth-order valence-electron chi connectivity index (χ4n) is 1.02. The molecule has 0 aliphatic carbocycles. The van der Waals surface area contributed by atoms with Crippen molar-refractivity contribution in [3.8, 4) is 0 Å². The molecule has 0 fully saturated rings. The molecule has 0 saturated heterocycles. The second-order valence-electron chi connectivity index (χ2n) is 3.13.